The fourth-order valence-electron chi connectivity index (χ4n) is 3.13. The fourth-order valence-corrected chi connectivity index (χ4v) is 3.13. The molecule has 1 saturated carbocycles. The zero-order valence-corrected chi connectivity index (χ0v) is 12.4. The molecule has 5 nitrogen and oxygen atoms in total. The van der Waals surface area contributed by atoms with Gasteiger partial charge in [0.25, 0.3) is 0 Å². The molecule has 2 aliphatic rings. The van der Waals surface area contributed by atoms with Gasteiger partial charge in [-0.1, -0.05) is 33.1 Å². The molecule has 0 bridgehead atoms. The van der Waals surface area contributed by atoms with Crippen LogP contribution in [-0.2, 0) is 9.47 Å². The molecule has 2 rings (SSSR count). The average Bonchev–Trinajstić information content (AvgIpc) is 2.45. The molecule has 118 valence electrons. The van der Waals surface area contributed by atoms with Gasteiger partial charge in [0, 0.05) is 0 Å². The van der Waals surface area contributed by atoms with E-state index in [1.54, 1.807) is 0 Å². The topological polar surface area (TPSA) is 79.2 Å². The maximum absolute atomic E-state index is 10.0. The lowest BCUT2D eigenvalue weighted by atomic mass is 9.89. The van der Waals surface area contributed by atoms with E-state index in [0.717, 1.165) is 12.8 Å². The summed E-state index contributed by atoms with van der Waals surface area (Å²) in [7, 11) is 0. The zero-order valence-electron chi connectivity index (χ0n) is 12.4. The summed E-state index contributed by atoms with van der Waals surface area (Å²) in [4.78, 5) is 0. The highest BCUT2D eigenvalue weighted by Crippen LogP contribution is 2.27. The molecule has 0 radical (unpaired) electrons. The van der Waals surface area contributed by atoms with Crippen molar-refractivity contribution in [2.24, 2.45) is 5.92 Å². The van der Waals surface area contributed by atoms with Crippen molar-refractivity contribution in [3.05, 3.63) is 0 Å². The van der Waals surface area contributed by atoms with Crippen LogP contribution >= 0.6 is 0 Å². The summed E-state index contributed by atoms with van der Waals surface area (Å²) in [6.07, 6.45) is 1.66. The van der Waals surface area contributed by atoms with E-state index in [1.807, 2.05) is 13.8 Å². The van der Waals surface area contributed by atoms with Gasteiger partial charge >= 0.3 is 0 Å². The molecule has 0 amide bonds. The van der Waals surface area contributed by atoms with Crippen LogP contribution in [0, 0.1) is 5.92 Å². The predicted octanol–water partition coefficient (Wildman–Crippen LogP) is 0.842. The largest absolute Gasteiger partial charge is 0.388 e. The van der Waals surface area contributed by atoms with Crippen molar-refractivity contribution in [3.63, 3.8) is 0 Å². The number of hydrogen-bond donors (Lipinski definition) is 3. The monoisotopic (exact) mass is 288 g/mol. The second-order valence-corrected chi connectivity index (χ2v) is 6.45. The van der Waals surface area contributed by atoms with Crippen LogP contribution in [-0.4, -0.2) is 58.6 Å². The van der Waals surface area contributed by atoms with Crippen LogP contribution in [0.4, 0.5) is 0 Å². The summed E-state index contributed by atoms with van der Waals surface area (Å²) in [5.41, 5.74) is 0. The van der Waals surface area contributed by atoms with Crippen molar-refractivity contribution >= 4 is 0 Å². The average molecular weight is 288 g/mol. The summed E-state index contributed by atoms with van der Waals surface area (Å²) in [6.45, 7) is 4.13. The first-order chi connectivity index (χ1) is 9.50. The SMILES string of the molecule is CC(C)[C@H]1OC(COC2CCCCC2)[C@@H](O)[C@H](O)C1O. The number of aliphatic hydroxyl groups is 3. The molecule has 5 atom stereocenters. The minimum absolute atomic E-state index is 0.0735. The molecule has 0 aromatic carbocycles. The molecule has 1 saturated heterocycles. The Kier molecular flexibility index (Phi) is 5.81. The van der Waals surface area contributed by atoms with Crippen molar-refractivity contribution < 1.29 is 24.8 Å². The van der Waals surface area contributed by atoms with Crippen LogP contribution < -0.4 is 0 Å². The van der Waals surface area contributed by atoms with Crippen LogP contribution in [0.1, 0.15) is 46.0 Å². The minimum atomic E-state index is -1.17. The molecule has 1 aliphatic heterocycles. The van der Waals surface area contributed by atoms with Crippen molar-refractivity contribution in [1.82, 2.24) is 0 Å². The Morgan fingerprint density at radius 1 is 1.00 bits per heavy atom. The third kappa shape index (κ3) is 3.71. The summed E-state index contributed by atoms with van der Waals surface area (Å²) >= 11 is 0. The molecule has 1 heterocycles. The summed E-state index contributed by atoms with van der Waals surface area (Å²) in [6, 6.07) is 0. The zero-order chi connectivity index (χ0) is 14.7. The van der Waals surface area contributed by atoms with Gasteiger partial charge in [0.15, 0.2) is 0 Å². The van der Waals surface area contributed by atoms with Gasteiger partial charge < -0.3 is 24.8 Å². The lowest BCUT2D eigenvalue weighted by Crippen LogP contribution is -2.60. The standard InChI is InChI=1S/C15H28O5/c1-9(2)15-14(18)13(17)12(16)11(20-15)8-19-10-6-4-3-5-7-10/h9-18H,3-8H2,1-2H3/t11?,12-,13+,14?,15-/m1/s1. The van der Waals surface area contributed by atoms with Gasteiger partial charge in [0.1, 0.15) is 24.4 Å². The van der Waals surface area contributed by atoms with Gasteiger partial charge in [-0.05, 0) is 18.8 Å². The molecule has 3 N–H and O–H groups in total. The van der Waals surface area contributed by atoms with Crippen LogP contribution in [0.15, 0.2) is 0 Å². The number of ether oxygens (including phenoxy) is 2. The van der Waals surface area contributed by atoms with E-state index >= 15 is 0 Å². The minimum Gasteiger partial charge on any atom is -0.388 e. The number of aliphatic hydroxyl groups excluding tert-OH is 3. The molecule has 0 aromatic rings. The van der Waals surface area contributed by atoms with Crippen molar-refractivity contribution in [1.29, 1.82) is 0 Å². The van der Waals surface area contributed by atoms with E-state index < -0.39 is 30.5 Å². The summed E-state index contributed by atoms with van der Waals surface area (Å²) < 4.78 is 11.6. The normalized spacial score (nSPS) is 40.2. The highest BCUT2D eigenvalue weighted by Gasteiger charge is 2.44. The maximum atomic E-state index is 10.0. The molecule has 0 aromatic heterocycles. The number of rotatable bonds is 4. The van der Waals surface area contributed by atoms with Gasteiger partial charge in [-0.3, -0.25) is 0 Å². The van der Waals surface area contributed by atoms with Crippen LogP contribution in [0.3, 0.4) is 0 Å². The molecule has 5 heteroatoms. The molecule has 20 heavy (non-hydrogen) atoms. The van der Waals surface area contributed by atoms with Gasteiger partial charge in [0.05, 0.1) is 18.8 Å². The Morgan fingerprint density at radius 2 is 1.65 bits per heavy atom. The summed E-state index contributed by atoms with van der Waals surface area (Å²) in [5.74, 6) is 0.0735. The first kappa shape index (κ1) is 16.2. The van der Waals surface area contributed by atoms with E-state index in [2.05, 4.69) is 0 Å². The third-order valence-electron chi connectivity index (χ3n) is 4.45. The highest BCUT2D eigenvalue weighted by molar-refractivity contribution is 4.93. The summed E-state index contributed by atoms with van der Waals surface area (Å²) in [5, 5.41) is 29.9. The molecular weight excluding hydrogens is 260 g/mol. The third-order valence-corrected chi connectivity index (χ3v) is 4.45. The van der Waals surface area contributed by atoms with Gasteiger partial charge in [-0.15, -0.1) is 0 Å². The molecule has 0 spiro atoms. The van der Waals surface area contributed by atoms with Crippen molar-refractivity contribution in [3.8, 4) is 0 Å². The predicted molar refractivity (Wildman–Crippen MR) is 74.3 cm³/mol. The lowest BCUT2D eigenvalue weighted by molar-refractivity contribution is -0.244. The van der Waals surface area contributed by atoms with Crippen LogP contribution in [0.5, 0.6) is 0 Å². The molecule has 2 fully saturated rings. The Bertz CT molecular complexity index is 290. The Balaban J connectivity index is 1.88. The van der Waals surface area contributed by atoms with Crippen molar-refractivity contribution in [2.75, 3.05) is 6.61 Å². The van der Waals surface area contributed by atoms with Gasteiger partial charge in [-0.25, -0.2) is 0 Å². The second-order valence-electron chi connectivity index (χ2n) is 6.45. The number of hydrogen-bond acceptors (Lipinski definition) is 5. The molecule has 2 unspecified atom stereocenters. The molecule has 1 aliphatic carbocycles. The Labute approximate surface area is 120 Å². The van der Waals surface area contributed by atoms with E-state index in [4.69, 9.17) is 9.47 Å². The Morgan fingerprint density at radius 3 is 2.25 bits per heavy atom. The Hall–Kier alpha value is -0.200. The first-order valence-corrected chi connectivity index (χ1v) is 7.82. The van der Waals surface area contributed by atoms with Crippen LogP contribution in [0.2, 0.25) is 0 Å². The van der Waals surface area contributed by atoms with E-state index in [1.165, 1.54) is 19.3 Å². The fraction of sp³-hybridized carbons (Fsp3) is 1.00. The van der Waals surface area contributed by atoms with Gasteiger partial charge in [-0.2, -0.15) is 0 Å². The maximum Gasteiger partial charge on any atom is 0.111 e. The lowest BCUT2D eigenvalue weighted by Gasteiger charge is -2.42. The van der Waals surface area contributed by atoms with Crippen molar-refractivity contribution in [2.45, 2.75) is 82.6 Å². The van der Waals surface area contributed by atoms with E-state index in [0.29, 0.717) is 0 Å². The first-order valence-electron chi connectivity index (χ1n) is 7.82. The highest BCUT2D eigenvalue weighted by atomic mass is 16.6. The quantitative estimate of drug-likeness (QED) is 0.714. The van der Waals surface area contributed by atoms with E-state index in [9.17, 15) is 15.3 Å². The van der Waals surface area contributed by atoms with Crippen LogP contribution in [0.25, 0.3) is 0 Å². The second kappa shape index (κ2) is 7.18. The van der Waals surface area contributed by atoms with Gasteiger partial charge in [0.2, 0.25) is 0 Å². The smallest absolute Gasteiger partial charge is 0.111 e. The van der Waals surface area contributed by atoms with E-state index in [-0.39, 0.29) is 18.6 Å². The molecular formula is C15H28O5.